The molecular formula is C18H27NS. The Hall–Kier alpha value is -0.470. The fourth-order valence-corrected chi connectivity index (χ4v) is 5.35. The Kier molecular flexibility index (Phi) is 5.06. The highest BCUT2D eigenvalue weighted by Crippen LogP contribution is 2.41. The Labute approximate surface area is 127 Å². The largest absolute Gasteiger partial charge is 0.314 e. The van der Waals surface area contributed by atoms with E-state index in [1.165, 1.54) is 49.8 Å². The van der Waals surface area contributed by atoms with Crippen molar-refractivity contribution in [2.45, 2.75) is 68.1 Å². The van der Waals surface area contributed by atoms with Gasteiger partial charge in [-0.2, -0.15) is 0 Å². The molecule has 3 unspecified atom stereocenters. The molecule has 1 aliphatic heterocycles. The van der Waals surface area contributed by atoms with Crippen molar-refractivity contribution in [3.8, 4) is 0 Å². The van der Waals surface area contributed by atoms with Gasteiger partial charge in [0.05, 0.1) is 0 Å². The quantitative estimate of drug-likeness (QED) is 0.810. The minimum atomic E-state index is 0.770. The molecule has 0 spiro atoms. The van der Waals surface area contributed by atoms with Crippen molar-refractivity contribution in [1.29, 1.82) is 0 Å². The highest BCUT2D eigenvalue weighted by Gasteiger charge is 2.29. The second kappa shape index (κ2) is 7.00. The Morgan fingerprint density at radius 1 is 1.15 bits per heavy atom. The van der Waals surface area contributed by atoms with Crippen molar-refractivity contribution < 1.29 is 0 Å². The van der Waals surface area contributed by atoms with Gasteiger partial charge in [0, 0.05) is 16.2 Å². The van der Waals surface area contributed by atoms with Crippen LogP contribution in [0.1, 0.15) is 51.0 Å². The standard InChI is InChI=1S/C18H27NS/c1-2-19-17-10-5-3-4-8-14(17)12-16-13-15-9-6-7-11-18(15)20-16/h6-7,9,11,14,16-17,19H,2-5,8,10,12-13H2,1H3. The Balaban J connectivity index is 1.61. The smallest absolute Gasteiger partial charge is 0.0138 e. The molecule has 2 heteroatoms. The average molecular weight is 289 g/mol. The van der Waals surface area contributed by atoms with Crippen LogP contribution in [0.5, 0.6) is 0 Å². The molecule has 110 valence electrons. The summed E-state index contributed by atoms with van der Waals surface area (Å²) in [5, 5.41) is 4.58. The van der Waals surface area contributed by atoms with E-state index in [4.69, 9.17) is 0 Å². The first kappa shape index (κ1) is 14.5. The Bertz CT molecular complexity index is 406. The highest BCUT2D eigenvalue weighted by atomic mass is 32.2. The van der Waals surface area contributed by atoms with Crippen LogP contribution in [0.15, 0.2) is 29.2 Å². The Morgan fingerprint density at radius 2 is 2.00 bits per heavy atom. The molecule has 1 N–H and O–H groups in total. The van der Waals surface area contributed by atoms with Gasteiger partial charge in [-0.15, -0.1) is 11.8 Å². The normalized spacial score (nSPS) is 29.9. The van der Waals surface area contributed by atoms with Crippen LogP contribution in [-0.2, 0) is 6.42 Å². The molecule has 0 saturated heterocycles. The minimum Gasteiger partial charge on any atom is -0.314 e. The average Bonchev–Trinajstić information content (AvgIpc) is 2.74. The van der Waals surface area contributed by atoms with E-state index >= 15 is 0 Å². The molecule has 1 nitrogen and oxygen atoms in total. The third-order valence-electron chi connectivity index (χ3n) is 4.90. The molecule has 0 bridgehead atoms. The molecule has 1 aromatic carbocycles. The maximum absolute atomic E-state index is 3.76. The number of nitrogens with one attached hydrogen (secondary N) is 1. The fourth-order valence-electron chi connectivity index (χ4n) is 3.92. The van der Waals surface area contributed by atoms with Crippen LogP contribution in [-0.4, -0.2) is 17.8 Å². The van der Waals surface area contributed by atoms with Gasteiger partial charge in [0.2, 0.25) is 0 Å². The van der Waals surface area contributed by atoms with E-state index in [-0.39, 0.29) is 0 Å². The molecule has 0 amide bonds. The molecule has 1 heterocycles. The van der Waals surface area contributed by atoms with E-state index < -0.39 is 0 Å². The lowest BCUT2D eigenvalue weighted by atomic mass is 9.88. The summed E-state index contributed by atoms with van der Waals surface area (Å²) in [6.07, 6.45) is 9.82. The lowest BCUT2D eigenvalue weighted by Gasteiger charge is -2.28. The van der Waals surface area contributed by atoms with Gasteiger partial charge in [0.1, 0.15) is 0 Å². The van der Waals surface area contributed by atoms with Crippen LogP contribution in [0.25, 0.3) is 0 Å². The van der Waals surface area contributed by atoms with Gasteiger partial charge < -0.3 is 5.32 Å². The molecule has 0 radical (unpaired) electrons. The maximum atomic E-state index is 3.76. The van der Waals surface area contributed by atoms with E-state index in [1.807, 2.05) is 0 Å². The molecular weight excluding hydrogens is 262 g/mol. The van der Waals surface area contributed by atoms with Crippen molar-refractivity contribution in [2.75, 3.05) is 6.54 Å². The van der Waals surface area contributed by atoms with Gasteiger partial charge in [-0.25, -0.2) is 0 Å². The van der Waals surface area contributed by atoms with Crippen LogP contribution >= 0.6 is 11.8 Å². The van der Waals surface area contributed by atoms with Gasteiger partial charge in [0.25, 0.3) is 0 Å². The number of hydrogen-bond donors (Lipinski definition) is 1. The Morgan fingerprint density at radius 3 is 2.85 bits per heavy atom. The zero-order valence-corrected chi connectivity index (χ0v) is 13.4. The summed E-state index contributed by atoms with van der Waals surface area (Å²) in [5.74, 6) is 0.893. The van der Waals surface area contributed by atoms with Crippen LogP contribution in [0.2, 0.25) is 0 Å². The number of thioether (sulfide) groups is 1. The fraction of sp³-hybridized carbons (Fsp3) is 0.667. The van der Waals surface area contributed by atoms with E-state index in [0.29, 0.717) is 0 Å². The van der Waals surface area contributed by atoms with Gasteiger partial charge >= 0.3 is 0 Å². The van der Waals surface area contributed by atoms with Crippen LogP contribution < -0.4 is 5.32 Å². The molecule has 20 heavy (non-hydrogen) atoms. The van der Waals surface area contributed by atoms with Crippen LogP contribution in [0.3, 0.4) is 0 Å². The summed E-state index contributed by atoms with van der Waals surface area (Å²) in [7, 11) is 0. The lowest BCUT2D eigenvalue weighted by Crippen LogP contribution is -2.36. The third-order valence-corrected chi connectivity index (χ3v) is 6.25. The SMILES string of the molecule is CCNC1CCCCCC1CC1Cc2ccccc2S1. The minimum absolute atomic E-state index is 0.770. The van der Waals surface area contributed by atoms with E-state index in [2.05, 4.69) is 48.3 Å². The van der Waals surface area contributed by atoms with Crippen molar-refractivity contribution in [1.82, 2.24) is 5.32 Å². The first-order valence-electron chi connectivity index (χ1n) is 8.34. The summed E-state index contributed by atoms with van der Waals surface area (Å²) in [6.45, 7) is 3.38. The van der Waals surface area contributed by atoms with Crippen molar-refractivity contribution >= 4 is 11.8 Å². The second-order valence-electron chi connectivity index (χ2n) is 6.35. The topological polar surface area (TPSA) is 12.0 Å². The maximum Gasteiger partial charge on any atom is 0.0138 e. The third kappa shape index (κ3) is 3.40. The molecule has 1 aromatic rings. The molecule has 1 fully saturated rings. The van der Waals surface area contributed by atoms with Crippen molar-refractivity contribution in [3.63, 3.8) is 0 Å². The summed E-state index contributed by atoms with van der Waals surface area (Å²) in [6, 6.07) is 9.76. The zero-order valence-electron chi connectivity index (χ0n) is 12.6. The van der Waals surface area contributed by atoms with E-state index in [0.717, 1.165) is 23.8 Å². The zero-order chi connectivity index (χ0) is 13.8. The van der Waals surface area contributed by atoms with Gasteiger partial charge in [-0.3, -0.25) is 0 Å². The molecule has 3 atom stereocenters. The summed E-state index contributed by atoms with van der Waals surface area (Å²) in [5.41, 5.74) is 1.58. The first-order valence-corrected chi connectivity index (χ1v) is 9.22. The van der Waals surface area contributed by atoms with Crippen LogP contribution in [0.4, 0.5) is 0 Å². The first-order chi connectivity index (χ1) is 9.86. The summed E-state index contributed by atoms with van der Waals surface area (Å²) < 4.78 is 0. The van der Waals surface area contributed by atoms with E-state index in [9.17, 15) is 0 Å². The summed E-state index contributed by atoms with van der Waals surface area (Å²) in [4.78, 5) is 1.53. The van der Waals surface area contributed by atoms with E-state index in [1.54, 1.807) is 5.56 Å². The number of benzene rings is 1. The van der Waals surface area contributed by atoms with Crippen molar-refractivity contribution in [3.05, 3.63) is 29.8 Å². The van der Waals surface area contributed by atoms with Gasteiger partial charge in [0.15, 0.2) is 0 Å². The molecule has 3 rings (SSSR count). The lowest BCUT2D eigenvalue weighted by molar-refractivity contribution is 0.319. The van der Waals surface area contributed by atoms with Crippen LogP contribution in [0, 0.1) is 5.92 Å². The molecule has 1 saturated carbocycles. The predicted octanol–water partition coefficient (Wildman–Crippen LogP) is 4.65. The predicted molar refractivity (Wildman–Crippen MR) is 88.4 cm³/mol. The molecule has 2 aliphatic rings. The number of hydrogen-bond acceptors (Lipinski definition) is 2. The molecule has 1 aliphatic carbocycles. The number of rotatable bonds is 4. The number of fused-ring (bicyclic) bond motifs is 1. The summed E-state index contributed by atoms with van der Waals surface area (Å²) >= 11 is 2.13. The van der Waals surface area contributed by atoms with Crippen molar-refractivity contribution in [2.24, 2.45) is 5.92 Å². The van der Waals surface area contributed by atoms with Gasteiger partial charge in [-0.05, 0) is 49.8 Å². The van der Waals surface area contributed by atoms with Gasteiger partial charge in [-0.1, -0.05) is 44.4 Å². The monoisotopic (exact) mass is 289 g/mol. The molecule has 0 aromatic heterocycles. The second-order valence-corrected chi connectivity index (χ2v) is 7.69. The highest BCUT2D eigenvalue weighted by molar-refractivity contribution is 8.00.